The van der Waals surface area contributed by atoms with Gasteiger partial charge in [-0.05, 0) is 35.7 Å². The fraction of sp³-hybridized carbons (Fsp3) is 0.333. The van der Waals surface area contributed by atoms with E-state index in [-0.39, 0.29) is 0 Å². The molecule has 2 heterocycles. The molecule has 3 aromatic rings. The lowest BCUT2D eigenvalue weighted by molar-refractivity contribution is -0.225. The van der Waals surface area contributed by atoms with E-state index < -0.39 is 23.1 Å². The van der Waals surface area contributed by atoms with Gasteiger partial charge in [0.15, 0.2) is 5.79 Å². The molecule has 5 rings (SSSR count). The van der Waals surface area contributed by atoms with E-state index in [1.165, 1.54) is 13.0 Å². The molecule has 1 N–H and O–H groups in total. The molecule has 0 radical (unpaired) electrons. The van der Waals surface area contributed by atoms with Crippen molar-refractivity contribution in [1.82, 2.24) is 4.90 Å². The SMILES string of the molecule is CC1(O)OC(c2cccc(C(F)(F)F)c2)(c2ccccc2CN2CCOCC2)c2ccccc21. The normalized spacial score (nSPS) is 25.3. The highest BCUT2D eigenvalue weighted by molar-refractivity contribution is 5.57. The number of halogens is 3. The maximum absolute atomic E-state index is 13.7. The van der Waals surface area contributed by atoms with Gasteiger partial charge in [0.1, 0.15) is 5.60 Å². The Balaban J connectivity index is 1.75. The number of benzene rings is 3. The van der Waals surface area contributed by atoms with Crippen LogP contribution in [0.1, 0.15) is 40.3 Å². The molecule has 0 aliphatic carbocycles. The Kier molecular flexibility index (Phi) is 5.76. The van der Waals surface area contributed by atoms with Crippen LogP contribution in [-0.4, -0.2) is 36.3 Å². The van der Waals surface area contributed by atoms with Crippen molar-refractivity contribution >= 4 is 0 Å². The van der Waals surface area contributed by atoms with E-state index in [1.807, 2.05) is 36.4 Å². The monoisotopic (exact) mass is 469 g/mol. The van der Waals surface area contributed by atoms with Gasteiger partial charge in [-0.1, -0.05) is 60.7 Å². The Morgan fingerprint density at radius 1 is 0.882 bits per heavy atom. The van der Waals surface area contributed by atoms with Gasteiger partial charge in [0.25, 0.3) is 0 Å². The molecule has 0 bridgehead atoms. The topological polar surface area (TPSA) is 41.9 Å². The van der Waals surface area contributed by atoms with Gasteiger partial charge in [0, 0.05) is 30.8 Å². The molecule has 2 atom stereocenters. The van der Waals surface area contributed by atoms with Crippen molar-refractivity contribution in [2.45, 2.75) is 31.0 Å². The van der Waals surface area contributed by atoms with Crippen molar-refractivity contribution in [3.05, 3.63) is 106 Å². The lowest BCUT2D eigenvalue weighted by Gasteiger charge is -2.36. The van der Waals surface area contributed by atoms with E-state index >= 15 is 0 Å². The molecule has 0 aromatic heterocycles. The van der Waals surface area contributed by atoms with Crippen LogP contribution in [0.5, 0.6) is 0 Å². The number of alkyl halides is 3. The third-order valence-electron chi connectivity index (χ3n) is 6.65. The first kappa shape index (κ1) is 23.1. The number of aliphatic hydroxyl groups is 1. The second-order valence-corrected chi connectivity index (χ2v) is 8.94. The van der Waals surface area contributed by atoms with E-state index in [4.69, 9.17) is 9.47 Å². The molecule has 2 unspecified atom stereocenters. The van der Waals surface area contributed by atoms with Crippen molar-refractivity contribution < 1.29 is 27.8 Å². The van der Waals surface area contributed by atoms with Crippen LogP contribution in [0.25, 0.3) is 0 Å². The summed E-state index contributed by atoms with van der Waals surface area (Å²) in [5, 5.41) is 11.3. The molecular formula is C27H26F3NO3. The minimum Gasteiger partial charge on any atom is -0.379 e. The smallest absolute Gasteiger partial charge is 0.379 e. The number of hydrogen-bond acceptors (Lipinski definition) is 4. The number of hydrogen-bond donors (Lipinski definition) is 1. The molecule has 0 spiro atoms. The summed E-state index contributed by atoms with van der Waals surface area (Å²) in [6, 6.07) is 20.0. The van der Waals surface area contributed by atoms with Crippen LogP contribution in [-0.2, 0) is 33.6 Å². The van der Waals surface area contributed by atoms with E-state index in [2.05, 4.69) is 4.90 Å². The predicted octanol–water partition coefficient (Wildman–Crippen LogP) is 5.02. The quantitative estimate of drug-likeness (QED) is 0.583. The van der Waals surface area contributed by atoms with Crippen molar-refractivity contribution in [3.63, 3.8) is 0 Å². The minimum atomic E-state index is -4.51. The predicted molar refractivity (Wildman–Crippen MR) is 121 cm³/mol. The van der Waals surface area contributed by atoms with Gasteiger partial charge < -0.3 is 14.6 Å². The van der Waals surface area contributed by atoms with Crippen LogP contribution in [0.15, 0.2) is 72.8 Å². The van der Waals surface area contributed by atoms with Gasteiger partial charge in [-0.25, -0.2) is 0 Å². The Morgan fingerprint density at radius 2 is 1.53 bits per heavy atom. The zero-order chi connectivity index (χ0) is 24.0. The maximum Gasteiger partial charge on any atom is 0.416 e. The number of rotatable bonds is 4. The third-order valence-corrected chi connectivity index (χ3v) is 6.65. The number of nitrogens with zero attached hydrogens (tertiary/aromatic N) is 1. The molecule has 1 fully saturated rings. The molecule has 178 valence electrons. The summed E-state index contributed by atoms with van der Waals surface area (Å²) in [5.41, 5.74) is 0.955. The average molecular weight is 470 g/mol. The highest BCUT2D eigenvalue weighted by Crippen LogP contribution is 2.54. The average Bonchev–Trinajstić information content (AvgIpc) is 3.08. The summed E-state index contributed by atoms with van der Waals surface area (Å²) >= 11 is 0. The summed E-state index contributed by atoms with van der Waals surface area (Å²) in [6.45, 7) is 4.92. The molecular weight excluding hydrogens is 443 g/mol. The number of ether oxygens (including phenoxy) is 2. The van der Waals surface area contributed by atoms with Gasteiger partial charge in [-0.15, -0.1) is 0 Å². The van der Waals surface area contributed by atoms with Crippen LogP contribution < -0.4 is 0 Å². The van der Waals surface area contributed by atoms with Crippen LogP contribution in [0.2, 0.25) is 0 Å². The highest BCUT2D eigenvalue weighted by atomic mass is 19.4. The molecule has 7 heteroatoms. The molecule has 2 aliphatic heterocycles. The molecule has 4 nitrogen and oxygen atoms in total. The summed E-state index contributed by atoms with van der Waals surface area (Å²) in [7, 11) is 0. The number of morpholine rings is 1. The lowest BCUT2D eigenvalue weighted by atomic mass is 9.77. The second kappa shape index (κ2) is 8.50. The highest BCUT2D eigenvalue weighted by Gasteiger charge is 2.53. The molecule has 0 saturated carbocycles. The summed E-state index contributed by atoms with van der Waals surface area (Å²) in [6.07, 6.45) is -4.51. The van der Waals surface area contributed by atoms with Gasteiger partial charge in [0.2, 0.25) is 0 Å². The van der Waals surface area contributed by atoms with Gasteiger partial charge in [-0.2, -0.15) is 13.2 Å². The van der Waals surface area contributed by atoms with Gasteiger partial charge >= 0.3 is 6.18 Å². The fourth-order valence-corrected chi connectivity index (χ4v) is 5.09. The lowest BCUT2D eigenvalue weighted by Crippen LogP contribution is -2.38. The molecule has 3 aromatic carbocycles. The summed E-state index contributed by atoms with van der Waals surface area (Å²) < 4.78 is 53.0. The van der Waals surface area contributed by atoms with E-state index in [0.717, 1.165) is 30.8 Å². The van der Waals surface area contributed by atoms with Crippen molar-refractivity contribution in [2.75, 3.05) is 26.3 Å². The van der Waals surface area contributed by atoms with E-state index in [9.17, 15) is 18.3 Å². The largest absolute Gasteiger partial charge is 0.416 e. The van der Waals surface area contributed by atoms with Crippen molar-refractivity contribution in [2.24, 2.45) is 0 Å². The van der Waals surface area contributed by atoms with Crippen molar-refractivity contribution in [1.29, 1.82) is 0 Å². The number of fused-ring (bicyclic) bond motifs is 1. The van der Waals surface area contributed by atoms with Crippen LogP contribution in [0.3, 0.4) is 0 Å². The van der Waals surface area contributed by atoms with Gasteiger partial charge in [0.05, 0.1) is 18.8 Å². The Bertz CT molecular complexity index is 1190. The zero-order valence-electron chi connectivity index (χ0n) is 18.8. The molecule has 34 heavy (non-hydrogen) atoms. The first-order chi connectivity index (χ1) is 16.2. The molecule has 1 saturated heterocycles. The Hall–Kier alpha value is -2.71. The minimum absolute atomic E-state index is 0.321. The van der Waals surface area contributed by atoms with Crippen LogP contribution in [0.4, 0.5) is 13.2 Å². The molecule has 2 aliphatic rings. The fourth-order valence-electron chi connectivity index (χ4n) is 5.09. The third kappa shape index (κ3) is 3.92. The van der Waals surface area contributed by atoms with Crippen molar-refractivity contribution in [3.8, 4) is 0 Å². The standard InChI is InChI=1S/C27H26F3NO3/c1-25(32)23-11-4-5-12-24(23)26(34-25,20-8-6-9-21(17-20)27(28,29)30)22-10-3-2-7-19(22)18-31-13-15-33-16-14-31/h2-12,17,32H,13-16,18H2,1H3. The first-order valence-electron chi connectivity index (χ1n) is 11.3. The van der Waals surface area contributed by atoms with Crippen LogP contribution >= 0.6 is 0 Å². The zero-order valence-corrected chi connectivity index (χ0v) is 18.8. The van der Waals surface area contributed by atoms with Crippen LogP contribution in [0, 0.1) is 0 Å². The maximum atomic E-state index is 13.7. The Morgan fingerprint density at radius 3 is 2.24 bits per heavy atom. The van der Waals surface area contributed by atoms with Gasteiger partial charge in [-0.3, -0.25) is 4.90 Å². The Labute approximate surface area is 196 Å². The first-order valence-corrected chi connectivity index (χ1v) is 11.3. The second-order valence-electron chi connectivity index (χ2n) is 8.94. The summed E-state index contributed by atoms with van der Waals surface area (Å²) in [5.74, 6) is -1.68. The van der Waals surface area contributed by atoms with E-state index in [0.29, 0.717) is 42.0 Å². The summed E-state index contributed by atoms with van der Waals surface area (Å²) in [4.78, 5) is 2.25. The van der Waals surface area contributed by atoms with E-state index in [1.54, 1.807) is 18.2 Å². The molecule has 0 amide bonds.